The minimum atomic E-state index is 0.0533. The van der Waals surface area contributed by atoms with Gasteiger partial charge in [0.25, 0.3) is 5.56 Å². The van der Waals surface area contributed by atoms with Crippen molar-refractivity contribution in [3.8, 4) is 0 Å². The number of fused-ring (bicyclic) bond motifs is 1. The number of nitrogens with zero attached hydrogens (tertiary/aromatic N) is 4. The minimum absolute atomic E-state index is 0.0533. The van der Waals surface area contributed by atoms with Gasteiger partial charge in [-0.2, -0.15) is 0 Å². The number of rotatable bonds is 2. The van der Waals surface area contributed by atoms with Gasteiger partial charge in [-0.25, -0.2) is 4.98 Å². The normalized spacial score (nSPS) is 15.0. The van der Waals surface area contributed by atoms with Crippen molar-refractivity contribution in [1.82, 2.24) is 14.5 Å². The van der Waals surface area contributed by atoms with Crippen LogP contribution in [-0.2, 0) is 6.67 Å². The zero-order valence-electron chi connectivity index (χ0n) is 15.4. The average molecular weight is 326 g/mol. The molecule has 0 fully saturated rings. The fourth-order valence-electron chi connectivity index (χ4n) is 3.17. The zero-order chi connectivity index (χ0) is 17.6. The van der Waals surface area contributed by atoms with Crippen molar-refractivity contribution in [2.45, 2.75) is 54.3 Å². The van der Waals surface area contributed by atoms with Gasteiger partial charge in [0.05, 0.1) is 13.3 Å². The largest absolute Gasteiger partial charge is 0.298 e. The Bertz CT molecular complexity index is 838. The zero-order valence-corrected chi connectivity index (χ0v) is 15.4. The van der Waals surface area contributed by atoms with Gasteiger partial charge < -0.3 is 0 Å². The van der Waals surface area contributed by atoms with E-state index in [-0.39, 0.29) is 5.56 Å². The van der Waals surface area contributed by atoms with Gasteiger partial charge in [-0.1, -0.05) is 17.7 Å². The summed E-state index contributed by atoms with van der Waals surface area (Å²) in [6.45, 7) is 13.6. The topological polar surface area (TPSA) is 41.4 Å². The lowest BCUT2D eigenvalue weighted by Gasteiger charge is -2.40. The first-order valence-corrected chi connectivity index (χ1v) is 8.46. The van der Waals surface area contributed by atoms with E-state index in [4.69, 9.17) is 4.98 Å². The van der Waals surface area contributed by atoms with E-state index in [9.17, 15) is 4.79 Å². The molecule has 0 amide bonds. The van der Waals surface area contributed by atoms with E-state index in [0.717, 1.165) is 29.6 Å². The van der Waals surface area contributed by atoms with Crippen LogP contribution in [0.3, 0.4) is 0 Å². The van der Waals surface area contributed by atoms with Gasteiger partial charge in [-0.15, -0.1) is 0 Å². The summed E-state index contributed by atoms with van der Waals surface area (Å²) in [5.41, 5.74) is 5.12. The van der Waals surface area contributed by atoms with Crippen molar-refractivity contribution in [2.24, 2.45) is 0 Å². The van der Waals surface area contributed by atoms with Crippen molar-refractivity contribution in [2.75, 3.05) is 11.6 Å². The Morgan fingerprint density at radius 1 is 1.08 bits per heavy atom. The monoisotopic (exact) mass is 326 g/mol. The molecule has 24 heavy (non-hydrogen) atoms. The molecule has 0 spiro atoms. The molecule has 1 aliphatic rings. The highest BCUT2D eigenvalue weighted by Gasteiger charge is 2.28. The van der Waals surface area contributed by atoms with E-state index in [1.165, 1.54) is 11.1 Å². The first-order chi connectivity index (χ1) is 11.3. The molecule has 1 aliphatic heterocycles. The third kappa shape index (κ3) is 2.73. The maximum absolute atomic E-state index is 12.8. The Morgan fingerprint density at radius 3 is 2.42 bits per heavy atom. The van der Waals surface area contributed by atoms with Crippen molar-refractivity contribution in [1.29, 1.82) is 0 Å². The van der Waals surface area contributed by atoms with Gasteiger partial charge in [0, 0.05) is 23.0 Å². The fraction of sp³-hybridized carbons (Fsp3) is 0.474. The molecule has 0 saturated carbocycles. The molecule has 0 aliphatic carbocycles. The molecule has 0 radical (unpaired) electrons. The Labute approximate surface area is 143 Å². The van der Waals surface area contributed by atoms with Crippen LogP contribution < -0.4 is 10.5 Å². The number of hydrogen-bond donors (Lipinski definition) is 0. The molecule has 2 heterocycles. The molecule has 1 aromatic carbocycles. The van der Waals surface area contributed by atoms with Crippen LogP contribution >= 0.6 is 0 Å². The third-order valence-electron chi connectivity index (χ3n) is 4.88. The average Bonchev–Trinajstić information content (AvgIpc) is 2.52. The van der Waals surface area contributed by atoms with E-state index in [0.29, 0.717) is 12.7 Å². The second-order valence-electron chi connectivity index (χ2n) is 7.04. The second-order valence-corrected chi connectivity index (χ2v) is 7.04. The molecular weight excluding hydrogens is 300 g/mol. The Kier molecular flexibility index (Phi) is 4.22. The van der Waals surface area contributed by atoms with Crippen LogP contribution in [0.5, 0.6) is 0 Å². The number of anilines is 2. The van der Waals surface area contributed by atoms with E-state index >= 15 is 0 Å². The van der Waals surface area contributed by atoms with Crippen LogP contribution in [0.2, 0.25) is 0 Å². The predicted molar refractivity (Wildman–Crippen MR) is 97.9 cm³/mol. The van der Waals surface area contributed by atoms with Crippen molar-refractivity contribution >= 4 is 11.6 Å². The summed E-state index contributed by atoms with van der Waals surface area (Å²) in [4.78, 5) is 22.0. The van der Waals surface area contributed by atoms with E-state index < -0.39 is 0 Å². The Hall–Kier alpha value is -2.14. The Balaban J connectivity index is 2.21. The highest BCUT2D eigenvalue weighted by Crippen LogP contribution is 2.31. The number of aromatic nitrogens is 2. The first-order valence-electron chi connectivity index (χ1n) is 8.46. The molecule has 0 bridgehead atoms. The summed E-state index contributed by atoms with van der Waals surface area (Å²) in [5.74, 6) is 0.743. The van der Waals surface area contributed by atoms with Gasteiger partial charge in [-0.3, -0.25) is 19.2 Å². The second kappa shape index (κ2) is 6.06. The van der Waals surface area contributed by atoms with Crippen LogP contribution in [0, 0.1) is 27.7 Å². The maximum atomic E-state index is 12.8. The van der Waals surface area contributed by atoms with E-state index in [1.807, 2.05) is 13.8 Å². The molecule has 1 aromatic heterocycles. The van der Waals surface area contributed by atoms with Crippen LogP contribution in [0.15, 0.2) is 23.0 Å². The van der Waals surface area contributed by atoms with Gasteiger partial charge in [0.2, 0.25) is 5.95 Å². The summed E-state index contributed by atoms with van der Waals surface area (Å²) < 4.78 is 1.80. The van der Waals surface area contributed by atoms with Gasteiger partial charge in [0.15, 0.2) is 0 Å². The first kappa shape index (κ1) is 16.7. The SMILES string of the molecule is Cc1ccc(N2CN(C(C)C)Cn3c2nc(C)c(C)c3=O)c(C)c1. The van der Waals surface area contributed by atoms with Crippen molar-refractivity contribution in [3.63, 3.8) is 0 Å². The van der Waals surface area contributed by atoms with Crippen molar-refractivity contribution < 1.29 is 0 Å². The maximum Gasteiger partial charge on any atom is 0.259 e. The molecule has 0 saturated heterocycles. The molecule has 5 nitrogen and oxygen atoms in total. The molecule has 5 heteroatoms. The molecule has 3 rings (SSSR count). The summed E-state index contributed by atoms with van der Waals surface area (Å²) in [6.07, 6.45) is 0. The van der Waals surface area contributed by atoms with Crippen LogP contribution in [0.25, 0.3) is 0 Å². The number of hydrogen-bond acceptors (Lipinski definition) is 4. The number of aryl methyl sites for hydroxylation is 3. The summed E-state index contributed by atoms with van der Waals surface area (Å²) in [5, 5.41) is 0. The molecule has 2 aromatic rings. The highest BCUT2D eigenvalue weighted by molar-refractivity contribution is 5.63. The molecule has 128 valence electrons. The summed E-state index contributed by atoms with van der Waals surface area (Å²) in [6, 6.07) is 6.76. The van der Waals surface area contributed by atoms with Gasteiger partial charge in [-0.05, 0) is 53.2 Å². The van der Waals surface area contributed by atoms with Crippen LogP contribution in [0.1, 0.15) is 36.2 Å². The number of benzene rings is 1. The lowest BCUT2D eigenvalue weighted by molar-refractivity contribution is 0.156. The standard InChI is InChI=1S/C19H26N4O/c1-12(2)21-10-22(17-8-7-13(3)9-14(17)4)19-20-16(6)15(5)18(24)23(19)11-21/h7-9,12H,10-11H2,1-6H3. The Morgan fingerprint density at radius 2 is 1.79 bits per heavy atom. The van der Waals surface area contributed by atoms with Gasteiger partial charge in [0.1, 0.15) is 0 Å². The molecular formula is C19H26N4O. The molecule has 0 unspecified atom stereocenters. The van der Waals surface area contributed by atoms with Gasteiger partial charge >= 0.3 is 0 Å². The summed E-state index contributed by atoms with van der Waals surface area (Å²) >= 11 is 0. The molecule has 0 N–H and O–H groups in total. The summed E-state index contributed by atoms with van der Waals surface area (Å²) in [7, 11) is 0. The smallest absolute Gasteiger partial charge is 0.259 e. The fourth-order valence-corrected chi connectivity index (χ4v) is 3.17. The van der Waals surface area contributed by atoms with Crippen LogP contribution in [-0.4, -0.2) is 27.2 Å². The van der Waals surface area contributed by atoms with Crippen molar-refractivity contribution in [3.05, 3.63) is 50.9 Å². The molecule has 0 atom stereocenters. The third-order valence-corrected chi connectivity index (χ3v) is 4.88. The van der Waals surface area contributed by atoms with E-state index in [2.05, 4.69) is 55.7 Å². The lowest BCUT2D eigenvalue weighted by atomic mass is 10.1. The predicted octanol–water partition coefficient (Wildman–Crippen LogP) is 3.25. The minimum Gasteiger partial charge on any atom is -0.298 e. The van der Waals surface area contributed by atoms with E-state index in [1.54, 1.807) is 4.57 Å². The highest BCUT2D eigenvalue weighted by atomic mass is 16.1. The lowest BCUT2D eigenvalue weighted by Crippen LogP contribution is -2.50. The van der Waals surface area contributed by atoms with Crippen LogP contribution in [0.4, 0.5) is 11.6 Å². The quantitative estimate of drug-likeness (QED) is 0.849.